The van der Waals surface area contributed by atoms with E-state index in [9.17, 15) is 0 Å². The van der Waals surface area contributed by atoms with Crippen LogP contribution in [0.4, 0.5) is 0 Å². The predicted octanol–water partition coefficient (Wildman–Crippen LogP) is 3.29. The van der Waals surface area contributed by atoms with Gasteiger partial charge in [0.1, 0.15) is 0 Å². The van der Waals surface area contributed by atoms with E-state index in [2.05, 4.69) is 31.0 Å². The summed E-state index contributed by atoms with van der Waals surface area (Å²) >= 11 is 6.77. The molecular weight excluding hydrogens is 210 g/mol. The first kappa shape index (κ1) is 9.87. The molecule has 0 atom stereocenters. The molecule has 3 heteroatoms. The molecule has 0 saturated heterocycles. The largest absolute Gasteiger partial charge is 0.233 e. The van der Waals surface area contributed by atoms with Gasteiger partial charge in [-0.05, 0) is 19.4 Å². The number of hydrogen-bond acceptors (Lipinski definition) is 2. The number of rotatable bonds is 1. The monoisotopic (exact) mass is 221 g/mol. The standard InChI is InChI=1S/C11H11NS2/c1-11(2)9(12-10(13)14-11)8-6-4-3-5-7-8/h3-7H,1-2H3. The molecule has 14 heavy (non-hydrogen) atoms. The van der Waals surface area contributed by atoms with Crippen molar-refractivity contribution in [3.8, 4) is 0 Å². The fourth-order valence-electron chi connectivity index (χ4n) is 1.52. The molecule has 72 valence electrons. The Morgan fingerprint density at radius 3 is 2.36 bits per heavy atom. The lowest BCUT2D eigenvalue weighted by atomic mass is 9.99. The number of nitrogens with zero attached hydrogens (tertiary/aromatic N) is 1. The Bertz CT molecular complexity index is 393. The molecule has 0 saturated carbocycles. The molecule has 1 heterocycles. The van der Waals surface area contributed by atoms with E-state index in [1.54, 1.807) is 11.8 Å². The van der Waals surface area contributed by atoms with E-state index in [0.717, 1.165) is 10.0 Å². The van der Waals surface area contributed by atoms with Crippen molar-refractivity contribution in [2.24, 2.45) is 4.99 Å². The summed E-state index contributed by atoms with van der Waals surface area (Å²) in [6.07, 6.45) is 0. The molecule has 1 aliphatic rings. The number of benzene rings is 1. The van der Waals surface area contributed by atoms with E-state index in [4.69, 9.17) is 12.2 Å². The van der Waals surface area contributed by atoms with E-state index in [1.807, 2.05) is 18.2 Å². The highest BCUT2D eigenvalue weighted by atomic mass is 32.2. The Morgan fingerprint density at radius 1 is 1.21 bits per heavy atom. The second-order valence-corrected chi connectivity index (χ2v) is 5.96. The second-order valence-electron chi connectivity index (χ2n) is 3.70. The van der Waals surface area contributed by atoms with Crippen molar-refractivity contribution in [1.82, 2.24) is 0 Å². The van der Waals surface area contributed by atoms with Crippen molar-refractivity contribution in [1.29, 1.82) is 0 Å². The molecule has 2 rings (SSSR count). The van der Waals surface area contributed by atoms with Gasteiger partial charge in [-0.15, -0.1) is 0 Å². The molecule has 0 N–H and O–H groups in total. The summed E-state index contributed by atoms with van der Waals surface area (Å²) in [7, 11) is 0. The minimum atomic E-state index is 0.0123. The van der Waals surface area contributed by atoms with Gasteiger partial charge in [0, 0.05) is 0 Å². The number of thioether (sulfide) groups is 1. The summed E-state index contributed by atoms with van der Waals surface area (Å²) in [6.45, 7) is 4.31. The van der Waals surface area contributed by atoms with Crippen molar-refractivity contribution in [2.45, 2.75) is 18.6 Å². The number of aliphatic imine (C=N–C) groups is 1. The fraction of sp³-hybridized carbons (Fsp3) is 0.273. The molecule has 0 aliphatic carbocycles. The van der Waals surface area contributed by atoms with Crippen LogP contribution >= 0.6 is 24.0 Å². The lowest BCUT2D eigenvalue weighted by Gasteiger charge is -2.18. The molecule has 0 amide bonds. The van der Waals surface area contributed by atoms with Gasteiger partial charge < -0.3 is 0 Å². The summed E-state index contributed by atoms with van der Waals surface area (Å²) in [5.74, 6) is 0. The van der Waals surface area contributed by atoms with Gasteiger partial charge in [-0.2, -0.15) is 0 Å². The number of hydrogen-bond donors (Lipinski definition) is 0. The van der Waals surface area contributed by atoms with Gasteiger partial charge >= 0.3 is 0 Å². The summed E-state index contributed by atoms with van der Waals surface area (Å²) in [6, 6.07) is 10.2. The smallest absolute Gasteiger partial charge is 0.160 e. The fourth-order valence-corrected chi connectivity index (χ4v) is 3.07. The quantitative estimate of drug-likeness (QED) is 0.675. The summed E-state index contributed by atoms with van der Waals surface area (Å²) < 4.78 is 0.757. The summed E-state index contributed by atoms with van der Waals surface area (Å²) in [5, 5.41) is 0. The lowest BCUT2D eigenvalue weighted by Crippen LogP contribution is -2.24. The van der Waals surface area contributed by atoms with Crippen LogP contribution in [0, 0.1) is 0 Å². The third kappa shape index (κ3) is 1.74. The van der Waals surface area contributed by atoms with Crippen LogP contribution < -0.4 is 0 Å². The molecule has 0 aromatic heterocycles. The molecule has 1 aromatic carbocycles. The van der Waals surface area contributed by atoms with Gasteiger partial charge in [-0.1, -0.05) is 54.3 Å². The Balaban J connectivity index is 2.45. The molecular formula is C11H11NS2. The molecule has 0 spiro atoms. The van der Waals surface area contributed by atoms with Crippen LogP contribution in [0.3, 0.4) is 0 Å². The lowest BCUT2D eigenvalue weighted by molar-refractivity contribution is 0.966. The molecule has 0 unspecified atom stereocenters. The Kier molecular flexibility index (Phi) is 2.45. The van der Waals surface area contributed by atoms with Crippen molar-refractivity contribution in [3.05, 3.63) is 35.9 Å². The highest BCUT2D eigenvalue weighted by molar-refractivity contribution is 8.24. The number of thiocarbonyl (C=S) groups is 1. The maximum atomic E-state index is 5.12. The van der Waals surface area contributed by atoms with Gasteiger partial charge in [0.2, 0.25) is 0 Å². The zero-order chi connectivity index (χ0) is 10.2. The zero-order valence-electron chi connectivity index (χ0n) is 8.15. The molecule has 0 bridgehead atoms. The maximum absolute atomic E-state index is 5.12. The molecule has 1 nitrogen and oxygen atoms in total. The van der Waals surface area contributed by atoms with Crippen LogP contribution in [0.1, 0.15) is 19.4 Å². The van der Waals surface area contributed by atoms with Gasteiger partial charge in [0.15, 0.2) is 4.32 Å². The molecule has 0 radical (unpaired) electrons. The molecule has 1 aliphatic heterocycles. The van der Waals surface area contributed by atoms with Crippen LogP contribution in [0.15, 0.2) is 35.3 Å². The van der Waals surface area contributed by atoms with Crippen molar-refractivity contribution in [2.75, 3.05) is 0 Å². The maximum Gasteiger partial charge on any atom is 0.160 e. The summed E-state index contributed by atoms with van der Waals surface area (Å²) in [4.78, 5) is 4.42. The molecule has 0 fully saturated rings. The summed E-state index contributed by atoms with van der Waals surface area (Å²) in [5.41, 5.74) is 2.26. The third-order valence-electron chi connectivity index (χ3n) is 2.16. The predicted molar refractivity (Wildman–Crippen MR) is 67.2 cm³/mol. The minimum absolute atomic E-state index is 0.0123. The molecule has 1 aromatic rings. The van der Waals surface area contributed by atoms with Gasteiger partial charge in [0.05, 0.1) is 10.5 Å². The van der Waals surface area contributed by atoms with E-state index < -0.39 is 0 Å². The first-order valence-electron chi connectivity index (χ1n) is 4.47. The van der Waals surface area contributed by atoms with Crippen molar-refractivity contribution < 1.29 is 0 Å². The van der Waals surface area contributed by atoms with E-state index in [1.165, 1.54) is 5.56 Å². The second kappa shape index (κ2) is 3.48. The zero-order valence-corrected chi connectivity index (χ0v) is 9.78. The minimum Gasteiger partial charge on any atom is -0.233 e. The first-order chi connectivity index (χ1) is 6.59. The van der Waals surface area contributed by atoms with Gasteiger partial charge in [0.25, 0.3) is 0 Å². The van der Waals surface area contributed by atoms with Crippen molar-refractivity contribution in [3.63, 3.8) is 0 Å². The topological polar surface area (TPSA) is 12.4 Å². The average Bonchev–Trinajstić information content (AvgIpc) is 2.41. The Hall–Kier alpha value is -0.670. The van der Waals surface area contributed by atoms with E-state index >= 15 is 0 Å². The van der Waals surface area contributed by atoms with Crippen molar-refractivity contribution >= 4 is 34.0 Å². The van der Waals surface area contributed by atoms with Crippen LogP contribution in [0.25, 0.3) is 0 Å². The normalized spacial score (nSPS) is 19.6. The third-order valence-corrected chi connectivity index (χ3v) is 3.47. The van der Waals surface area contributed by atoms with Gasteiger partial charge in [-0.25, -0.2) is 4.99 Å². The Morgan fingerprint density at radius 2 is 1.86 bits per heavy atom. The SMILES string of the molecule is CC1(C)SC(=S)N=C1c1ccccc1. The van der Waals surface area contributed by atoms with Crippen LogP contribution in [-0.2, 0) is 0 Å². The van der Waals surface area contributed by atoms with Crippen LogP contribution in [-0.4, -0.2) is 14.8 Å². The highest BCUT2D eigenvalue weighted by Crippen LogP contribution is 2.36. The van der Waals surface area contributed by atoms with E-state index in [0.29, 0.717) is 0 Å². The van der Waals surface area contributed by atoms with Crippen LogP contribution in [0.2, 0.25) is 0 Å². The highest BCUT2D eigenvalue weighted by Gasteiger charge is 2.33. The first-order valence-corrected chi connectivity index (χ1v) is 5.70. The van der Waals surface area contributed by atoms with E-state index in [-0.39, 0.29) is 4.75 Å². The van der Waals surface area contributed by atoms with Crippen LogP contribution in [0.5, 0.6) is 0 Å². The Labute approximate surface area is 93.6 Å². The van der Waals surface area contributed by atoms with Gasteiger partial charge in [-0.3, -0.25) is 0 Å². The average molecular weight is 221 g/mol.